The van der Waals surface area contributed by atoms with Crippen LogP contribution in [0.3, 0.4) is 0 Å². The van der Waals surface area contributed by atoms with E-state index in [1.54, 1.807) is 6.07 Å². The van der Waals surface area contributed by atoms with Crippen LogP contribution in [0.25, 0.3) is 10.9 Å². The van der Waals surface area contributed by atoms with Crippen LogP contribution < -0.4 is 19.7 Å². The molecule has 4 rings (SSSR count). The van der Waals surface area contributed by atoms with E-state index < -0.39 is 6.09 Å². The molecule has 1 amide bonds. The average Bonchev–Trinajstić information content (AvgIpc) is 2.84. The molecule has 0 radical (unpaired) electrons. The summed E-state index contributed by atoms with van der Waals surface area (Å²) in [6.45, 7) is 11.2. The highest BCUT2D eigenvalue weighted by molar-refractivity contribution is 6.43. The van der Waals surface area contributed by atoms with E-state index in [1.165, 1.54) is 0 Å². The fraction of sp³-hybridized carbons (Fsp3) is 0.429. The van der Waals surface area contributed by atoms with Crippen molar-refractivity contribution in [1.82, 2.24) is 15.2 Å². The number of carbonyl (C=O) groups is 1. The van der Waals surface area contributed by atoms with Crippen molar-refractivity contribution in [2.45, 2.75) is 39.2 Å². The first-order valence-electron chi connectivity index (χ1n) is 12.6. The molecule has 1 aromatic heterocycles. The number of ether oxygens (including phenoxy) is 2. The number of fused-ring (bicyclic) bond motifs is 1. The molecule has 1 fully saturated rings. The standard InChI is InChI=1S/C28H34Cl2N4O3/c1-28(2,3)32-27(35)37-25-12-10-20-9-11-21(19-23(20)31-25)36-18-5-4-13-33-14-16-34(17-15-33)24-8-6-7-22(29)26(24)30/h6-12,19H,4-5,13-18H2,1-3H3,(H,32,35). The molecule has 0 spiro atoms. The second-order valence-corrected chi connectivity index (χ2v) is 11.0. The van der Waals surface area contributed by atoms with Gasteiger partial charge in [0.05, 0.1) is 27.9 Å². The third-order valence-corrected chi connectivity index (χ3v) is 6.90. The van der Waals surface area contributed by atoms with Crippen LogP contribution in [0.1, 0.15) is 33.6 Å². The third kappa shape index (κ3) is 7.87. The summed E-state index contributed by atoms with van der Waals surface area (Å²) >= 11 is 12.6. The van der Waals surface area contributed by atoms with Crippen LogP contribution in [0.4, 0.5) is 10.5 Å². The van der Waals surface area contributed by atoms with Gasteiger partial charge in [-0.25, -0.2) is 9.78 Å². The fourth-order valence-electron chi connectivity index (χ4n) is 4.23. The topological polar surface area (TPSA) is 66.9 Å². The summed E-state index contributed by atoms with van der Waals surface area (Å²) in [5.41, 5.74) is 1.35. The molecule has 0 bridgehead atoms. The van der Waals surface area contributed by atoms with Gasteiger partial charge in [-0.15, -0.1) is 0 Å². The number of hydrogen-bond donors (Lipinski definition) is 1. The van der Waals surface area contributed by atoms with Crippen LogP contribution in [0.15, 0.2) is 48.5 Å². The Hall–Kier alpha value is -2.74. The zero-order valence-corrected chi connectivity index (χ0v) is 23.1. The number of anilines is 1. The maximum Gasteiger partial charge on any atom is 0.414 e. The molecule has 7 nitrogen and oxygen atoms in total. The number of pyridine rings is 1. The van der Waals surface area contributed by atoms with Gasteiger partial charge < -0.3 is 19.7 Å². The van der Waals surface area contributed by atoms with Gasteiger partial charge in [-0.1, -0.05) is 29.3 Å². The Labute approximate surface area is 228 Å². The number of nitrogens with zero attached hydrogens (tertiary/aromatic N) is 3. The number of carbonyl (C=O) groups excluding carboxylic acids is 1. The number of halogens is 2. The molecule has 1 aliphatic rings. The van der Waals surface area contributed by atoms with Gasteiger partial charge in [0, 0.05) is 49.2 Å². The summed E-state index contributed by atoms with van der Waals surface area (Å²) in [4.78, 5) is 21.3. The van der Waals surface area contributed by atoms with Crippen molar-refractivity contribution in [3.63, 3.8) is 0 Å². The molecule has 1 saturated heterocycles. The maximum atomic E-state index is 12.0. The van der Waals surface area contributed by atoms with Gasteiger partial charge in [-0.05, 0) is 70.5 Å². The quantitative estimate of drug-likeness (QED) is 0.330. The second kappa shape index (κ2) is 12.2. The first kappa shape index (κ1) is 27.3. The van der Waals surface area contributed by atoms with Crippen molar-refractivity contribution in [2.75, 3.05) is 44.2 Å². The van der Waals surface area contributed by atoms with Gasteiger partial charge in [0.15, 0.2) is 0 Å². The largest absolute Gasteiger partial charge is 0.494 e. The summed E-state index contributed by atoms with van der Waals surface area (Å²) < 4.78 is 11.3. The van der Waals surface area contributed by atoms with Crippen molar-refractivity contribution in [1.29, 1.82) is 0 Å². The van der Waals surface area contributed by atoms with E-state index in [2.05, 4.69) is 20.1 Å². The van der Waals surface area contributed by atoms with E-state index >= 15 is 0 Å². The molecular weight excluding hydrogens is 511 g/mol. The van der Waals surface area contributed by atoms with Gasteiger partial charge in [0.2, 0.25) is 5.88 Å². The third-order valence-electron chi connectivity index (χ3n) is 6.09. The molecular formula is C28H34Cl2N4O3. The molecule has 2 heterocycles. The lowest BCUT2D eigenvalue weighted by molar-refractivity contribution is 0.189. The Morgan fingerprint density at radius 2 is 1.78 bits per heavy atom. The second-order valence-electron chi connectivity index (χ2n) is 10.2. The smallest absolute Gasteiger partial charge is 0.414 e. The highest BCUT2D eigenvalue weighted by atomic mass is 35.5. The van der Waals surface area contributed by atoms with E-state index in [0.29, 0.717) is 16.7 Å². The minimum absolute atomic E-state index is 0.254. The van der Waals surface area contributed by atoms with E-state index in [-0.39, 0.29) is 11.4 Å². The summed E-state index contributed by atoms with van der Waals surface area (Å²) in [7, 11) is 0. The highest BCUT2D eigenvalue weighted by Crippen LogP contribution is 2.33. The molecule has 0 unspecified atom stereocenters. The van der Waals surface area contributed by atoms with E-state index in [4.69, 9.17) is 32.7 Å². The minimum Gasteiger partial charge on any atom is -0.494 e. The minimum atomic E-state index is -0.526. The van der Waals surface area contributed by atoms with Crippen molar-refractivity contribution < 1.29 is 14.3 Å². The fourth-order valence-corrected chi connectivity index (χ4v) is 4.64. The monoisotopic (exact) mass is 544 g/mol. The molecule has 0 saturated carbocycles. The summed E-state index contributed by atoms with van der Waals surface area (Å²) in [5.74, 6) is 1.01. The normalized spacial score (nSPS) is 14.6. The zero-order valence-electron chi connectivity index (χ0n) is 21.6. The summed E-state index contributed by atoms with van der Waals surface area (Å²) in [6.07, 6.45) is 1.49. The van der Waals surface area contributed by atoms with Crippen LogP contribution in [0, 0.1) is 0 Å². The van der Waals surface area contributed by atoms with Gasteiger partial charge in [-0.2, -0.15) is 0 Å². The highest BCUT2D eigenvalue weighted by Gasteiger charge is 2.19. The predicted octanol–water partition coefficient (Wildman–Crippen LogP) is 6.41. The van der Waals surface area contributed by atoms with Gasteiger partial charge in [0.1, 0.15) is 5.75 Å². The lowest BCUT2D eigenvalue weighted by Gasteiger charge is -2.36. The molecule has 0 aliphatic carbocycles. The Morgan fingerprint density at radius 3 is 2.54 bits per heavy atom. The number of hydrogen-bond acceptors (Lipinski definition) is 6. The Kier molecular flexibility index (Phi) is 9.00. The number of nitrogens with one attached hydrogen (secondary N) is 1. The van der Waals surface area contributed by atoms with Crippen molar-refractivity contribution >= 4 is 45.9 Å². The predicted molar refractivity (Wildman–Crippen MR) is 150 cm³/mol. The first-order chi connectivity index (χ1) is 17.7. The van der Waals surface area contributed by atoms with E-state index in [1.807, 2.05) is 63.2 Å². The zero-order chi connectivity index (χ0) is 26.4. The molecule has 9 heteroatoms. The number of benzene rings is 2. The van der Waals surface area contributed by atoms with Crippen LogP contribution >= 0.6 is 23.2 Å². The lowest BCUT2D eigenvalue weighted by Crippen LogP contribution is -2.46. The molecule has 1 N–H and O–H groups in total. The Balaban J connectivity index is 1.19. The summed E-state index contributed by atoms with van der Waals surface area (Å²) in [5, 5.41) is 4.95. The van der Waals surface area contributed by atoms with Gasteiger partial charge in [-0.3, -0.25) is 4.90 Å². The van der Waals surface area contributed by atoms with Gasteiger partial charge >= 0.3 is 6.09 Å². The molecule has 2 aromatic carbocycles. The SMILES string of the molecule is CC(C)(C)NC(=O)Oc1ccc2ccc(OCCCCN3CCN(c4cccc(Cl)c4Cl)CC3)cc2n1. The first-order valence-corrected chi connectivity index (χ1v) is 13.4. The Bertz CT molecular complexity index is 1220. The van der Waals surface area contributed by atoms with Crippen LogP contribution in [-0.4, -0.2) is 60.8 Å². The van der Waals surface area contributed by atoms with E-state index in [9.17, 15) is 4.79 Å². The number of unbranched alkanes of at least 4 members (excludes halogenated alkanes) is 1. The maximum absolute atomic E-state index is 12.0. The van der Waals surface area contributed by atoms with Crippen LogP contribution in [0.5, 0.6) is 11.6 Å². The summed E-state index contributed by atoms with van der Waals surface area (Å²) in [6, 6.07) is 15.1. The number of aromatic nitrogens is 1. The van der Waals surface area contributed by atoms with Crippen molar-refractivity contribution in [2.24, 2.45) is 0 Å². The Morgan fingerprint density at radius 1 is 1.03 bits per heavy atom. The average molecular weight is 546 g/mol. The number of amides is 1. The number of piperazine rings is 1. The number of rotatable bonds is 8. The molecule has 0 atom stereocenters. The van der Waals surface area contributed by atoms with Crippen LogP contribution in [0.2, 0.25) is 10.0 Å². The van der Waals surface area contributed by atoms with E-state index in [0.717, 1.165) is 67.9 Å². The van der Waals surface area contributed by atoms with Crippen molar-refractivity contribution in [3.8, 4) is 11.6 Å². The van der Waals surface area contributed by atoms with Gasteiger partial charge in [0.25, 0.3) is 0 Å². The van der Waals surface area contributed by atoms with Crippen LogP contribution in [-0.2, 0) is 0 Å². The lowest BCUT2D eigenvalue weighted by atomic mass is 10.1. The van der Waals surface area contributed by atoms with Crippen molar-refractivity contribution in [3.05, 3.63) is 58.6 Å². The molecule has 1 aliphatic heterocycles. The molecule has 37 heavy (non-hydrogen) atoms. The molecule has 198 valence electrons. The molecule has 3 aromatic rings.